The number of rotatable bonds is 3. The fourth-order valence-electron chi connectivity index (χ4n) is 2.81. The average molecular weight is 339 g/mol. The lowest BCUT2D eigenvalue weighted by molar-refractivity contribution is -0.116. The molecule has 7 heteroatoms. The summed E-state index contributed by atoms with van der Waals surface area (Å²) in [5.74, 6) is 0.503. The van der Waals surface area contributed by atoms with Crippen molar-refractivity contribution in [2.75, 3.05) is 12.4 Å². The summed E-state index contributed by atoms with van der Waals surface area (Å²) >= 11 is 0. The van der Waals surface area contributed by atoms with Gasteiger partial charge in [-0.1, -0.05) is 0 Å². The quantitative estimate of drug-likeness (QED) is 0.791. The van der Waals surface area contributed by atoms with Crippen LogP contribution in [0.3, 0.4) is 0 Å². The normalized spacial score (nSPS) is 13.3. The minimum atomic E-state index is -0.496. The van der Waals surface area contributed by atoms with Crippen LogP contribution in [0.5, 0.6) is 17.4 Å². The van der Waals surface area contributed by atoms with Crippen molar-refractivity contribution in [3.63, 3.8) is 0 Å². The van der Waals surface area contributed by atoms with E-state index in [1.165, 1.54) is 25.6 Å². The van der Waals surface area contributed by atoms with E-state index in [2.05, 4.69) is 15.3 Å². The van der Waals surface area contributed by atoms with Gasteiger partial charge in [0.05, 0.1) is 18.0 Å². The van der Waals surface area contributed by atoms with Crippen LogP contribution in [0.4, 0.5) is 10.1 Å². The number of nitrogens with zero attached hydrogens (tertiary/aromatic N) is 2. The lowest BCUT2D eigenvalue weighted by Crippen LogP contribution is -2.18. The van der Waals surface area contributed by atoms with E-state index in [9.17, 15) is 9.18 Å². The lowest BCUT2D eigenvalue weighted by Gasteiger charge is -2.17. The number of aromatic nitrogens is 2. The first kappa shape index (κ1) is 15.3. The van der Waals surface area contributed by atoms with Gasteiger partial charge in [-0.2, -0.15) is 0 Å². The highest BCUT2D eigenvalue weighted by Crippen LogP contribution is 2.33. The van der Waals surface area contributed by atoms with Gasteiger partial charge in [0.1, 0.15) is 12.1 Å². The monoisotopic (exact) mass is 339 g/mol. The Morgan fingerprint density at radius 1 is 1.16 bits per heavy atom. The summed E-state index contributed by atoms with van der Waals surface area (Å²) < 4.78 is 24.7. The van der Waals surface area contributed by atoms with Crippen LogP contribution in [-0.4, -0.2) is 23.0 Å². The van der Waals surface area contributed by atoms with Gasteiger partial charge in [-0.15, -0.1) is 0 Å². The fraction of sp³-hybridized carbons (Fsp3) is 0.167. The van der Waals surface area contributed by atoms with Gasteiger partial charge in [0.2, 0.25) is 11.8 Å². The van der Waals surface area contributed by atoms with E-state index in [4.69, 9.17) is 9.47 Å². The second-order valence-corrected chi connectivity index (χ2v) is 5.65. The van der Waals surface area contributed by atoms with E-state index < -0.39 is 5.82 Å². The van der Waals surface area contributed by atoms with Crippen molar-refractivity contribution >= 4 is 22.5 Å². The first-order valence-corrected chi connectivity index (χ1v) is 7.73. The number of aryl methyl sites for hydroxylation is 1. The highest BCUT2D eigenvalue weighted by atomic mass is 19.1. The molecule has 0 radical (unpaired) electrons. The largest absolute Gasteiger partial charge is 0.494 e. The van der Waals surface area contributed by atoms with Crippen LogP contribution in [0.25, 0.3) is 10.9 Å². The van der Waals surface area contributed by atoms with E-state index in [0.29, 0.717) is 35.4 Å². The number of benzene rings is 2. The molecule has 126 valence electrons. The maximum Gasteiger partial charge on any atom is 0.230 e. The first-order valence-electron chi connectivity index (χ1n) is 7.73. The van der Waals surface area contributed by atoms with Crippen molar-refractivity contribution in [3.05, 3.63) is 48.0 Å². The number of amides is 1. The third-order valence-corrected chi connectivity index (χ3v) is 4.06. The summed E-state index contributed by atoms with van der Waals surface area (Å²) in [6.45, 7) is 0. The second-order valence-electron chi connectivity index (χ2n) is 5.65. The zero-order chi connectivity index (χ0) is 17.4. The molecule has 0 fully saturated rings. The Hall–Kier alpha value is -3.22. The van der Waals surface area contributed by atoms with E-state index in [0.717, 1.165) is 11.3 Å². The molecular weight excluding hydrogens is 325 g/mol. The average Bonchev–Trinajstić information content (AvgIpc) is 2.61. The Morgan fingerprint density at radius 3 is 2.88 bits per heavy atom. The molecule has 2 heterocycles. The summed E-state index contributed by atoms with van der Waals surface area (Å²) in [6.07, 6.45) is 2.42. The number of carbonyl (C=O) groups is 1. The molecule has 6 nitrogen and oxygen atoms in total. The minimum Gasteiger partial charge on any atom is -0.494 e. The number of hydrogen-bond donors (Lipinski definition) is 1. The molecular formula is C18H14FN3O3. The molecule has 1 N–H and O–H groups in total. The Morgan fingerprint density at radius 2 is 2.04 bits per heavy atom. The molecule has 0 unspecified atom stereocenters. The van der Waals surface area contributed by atoms with E-state index in [-0.39, 0.29) is 11.7 Å². The van der Waals surface area contributed by atoms with Crippen LogP contribution in [0, 0.1) is 5.82 Å². The van der Waals surface area contributed by atoms with Crippen molar-refractivity contribution in [3.8, 4) is 17.4 Å². The number of anilines is 1. The standard InChI is InChI=1S/C18H14FN3O3/c1-24-16-7-12-15(8-13(16)19)20-9-21-18(12)25-11-3-4-14-10(6-11)2-5-17(23)22-14/h3-4,6-9H,2,5H2,1H3,(H,22,23). The maximum absolute atomic E-state index is 13.8. The summed E-state index contributed by atoms with van der Waals surface area (Å²) in [6, 6.07) is 8.21. The van der Waals surface area contributed by atoms with Crippen molar-refractivity contribution in [2.45, 2.75) is 12.8 Å². The highest BCUT2D eigenvalue weighted by Gasteiger charge is 2.16. The van der Waals surface area contributed by atoms with Crippen LogP contribution in [0.2, 0.25) is 0 Å². The molecule has 0 aliphatic carbocycles. The third-order valence-electron chi connectivity index (χ3n) is 4.06. The van der Waals surface area contributed by atoms with Crippen molar-refractivity contribution in [1.82, 2.24) is 9.97 Å². The minimum absolute atomic E-state index is 0.0112. The van der Waals surface area contributed by atoms with Crippen LogP contribution in [-0.2, 0) is 11.2 Å². The van der Waals surface area contributed by atoms with Gasteiger partial charge in [-0.25, -0.2) is 14.4 Å². The van der Waals surface area contributed by atoms with Crippen molar-refractivity contribution in [1.29, 1.82) is 0 Å². The molecule has 0 spiro atoms. The van der Waals surface area contributed by atoms with Gasteiger partial charge in [0.25, 0.3) is 0 Å². The maximum atomic E-state index is 13.8. The smallest absolute Gasteiger partial charge is 0.230 e. The molecule has 3 aromatic rings. The molecule has 1 aliphatic rings. The van der Waals surface area contributed by atoms with E-state index in [1.807, 2.05) is 6.07 Å². The van der Waals surface area contributed by atoms with Crippen LogP contribution < -0.4 is 14.8 Å². The van der Waals surface area contributed by atoms with Gasteiger partial charge < -0.3 is 14.8 Å². The van der Waals surface area contributed by atoms with Crippen LogP contribution in [0.15, 0.2) is 36.7 Å². The Labute approximate surface area is 142 Å². The van der Waals surface area contributed by atoms with Crippen LogP contribution in [0.1, 0.15) is 12.0 Å². The topological polar surface area (TPSA) is 73.3 Å². The van der Waals surface area contributed by atoms with Crippen molar-refractivity contribution in [2.24, 2.45) is 0 Å². The molecule has 0 saturated carbocycles. The van der Waals surface area contributed by atoms with Gasteiger partial charge >= 0.3 is 0 Å². The fourth-order valence-corrected chi connectivity index (χ4v) is 2.81. The van der Waals surface area contributed by atoms with E-state index in [1.54, 1.807) is 12.1 Å². The number of fused-ring (bicyclic) bond motifs is 2. The van der Waals surface area contributed by atoms with Crippen LogP contribution >= 0.6 is 0 Å². The molecule has 0 atom stereocenters. The first-order chi connectivity index (χ1) is 12.1. The molecule has 0 bridgehead atoms. The summed E-state index contributed by atoms with van der Waals surface area (Å²) in [5.41, 5.74) is 2.22. The third kappa shape index (κ3) is 2.84. The molecule has 0 saturated heterocycles. The second kappa shape index (κ2) is 6.01. The molecule has 1 amide bonds. The number of halogens is 1. The number of ether oxygens (including phenoxy) is 2. The predicted octanol–water partition coefficient (Wildman–Crippen LogP) is 3.45. The van der Waals surface area contributed by atoms with Gasteiger partial charge in [-0.3, -0.25) is 4.79 Å². The van der Waals surface area contributed by atoms with Gasteiger partial charge in [0, 0.05) is 18.2 Å². The summed E-state index contributed by atoms with van der Waals surface area (Å²) in [4.78, 5) is 19.6. The summed E-state index contributed by atoms with van der Waals surface area (Å²) in [7, 11) is 1.40. The molecule has 4 rings (SSSR count). The highest BCUT2D eigenvalue weighted by molar-refractivity contribution is 5.94. The van der Waals surface area contributed by atoms with E-state index >= 15 is 0 Å². The Balaban J connectivity index is 1.72. The van der Waals surface area contributed by atoms with Crippen molar-refractivity contribution < 1.29 is 18.7 Å². The molecule has 2 aromatic carbocycles. The summed E-state index contributed by atoms with van der Waals surface area (Å²) in [5, 5.41) is 3.37. The molecule has 1 aromatic heterocycles. The zero-order valence-electron chi connectivity index (χ0n) is 13.4. The molecule has 25 heavy (non-hydrogen) atoms. The molecule has 1 aliphatic heterocycles. The number of hydrogen-bond acceptors (Lipinski definition) is 5. The zero-order valence-corrected chi connectivity index (χ0v) is 13.4. The lowest BCUT2D eigenvalue weighted by atomic mass is 10.0. The number of nitrogens with one attached hydrogen (secondary N) is 1. The Bertz CT molecular complexity index is 991. The number of methoxy groups -OCH3 is 1. The van der Waals surface area contributed by atoms with Gasteiger partial charge in [0.15, 0.2) is 11.6 Å². The number of carbonyl (C=O) groups excluding carboxylic acids is 1. The SMILES string of the molecule is COc1cc2c(Oc3ccc4c(c3)CCC(=O)N4)ncnc2cc1F. The Kier molecular flexibility index (Phi) is 3.68. The predicted molar refractivity (Wildman–Crippen MR) is 89.5 cm³/mol. The van der Waals surface area contributed by atoms with Gasteiger partial charge in [-0.05, 0) is 36.2 Å².